The molecule has 4 N–H and O–H groups in total. The lowest BCUT2D eigenvalue weighted by molar-refractivity contribution is -0.137. The van der Waals surface area contributed by atoms with E-state index in [-0.39, 0.29) is 0 Å². The van der Waals surface area contributed by atoms with E-state index in [4.69, 9.17) is 14.7 Å². The molecule has 180 valence electrons. The third kappa shape index (κ3) is 4.20. The highest BCUT2D eigenvalue weighted by Crippen LogP contribution is 2.34. The summed E-state index contributed by atoms with van der Waals surface area (Å²) in [6.07, 6.45) is -1.92. The Bertz CT molecular complexity index is 1360. The summed E-state index contributed by atoms with van der Waals surface area (Å²) in [5.74, 6) is 0.373. The van der Waals surface area contributed by atoms with Crippen molar-refractivity contribution in [3.05, 3.63) is 66.2 Å². The van der Waals surface area contributed by atoms with Crippen molar-refractivity contribution in [2.75, 3.05) is 12.4 Å². The van der Waals surface area contributed by atoms with E-state index in [0.29, 0.717) is 29.4 Å². The summed E-state index contributed by atoms with van der Waals surface area (Å²) in [6.45, 7) is 2.37. The maximum atomic E-state index is 12.1. The van der Waals surface area contributed by atoms with Crippen LogP contribution in [0.5, 0.6) is 0 Å². The van der Waals surface area contributed by atoms with Gasteiger partial charge in [-0.25, -0.2) is 15.0 Å². The quantitative estimate of drug-likeness (QED) is 0.323. The number of fused-ring (bicyclic) bond motifs is 1. The second-order valence-corrected chi connectivity index (χ2v) is 8.24. The van der Waals surface area contributed by atoms with Gasteiger partial charge in [0, 0.05) is 31.0 Å². The van der Waals surface area contributed by atoms with Gasteiger partial charge >= 0.3 is 0 Å². The van der Waals surface area contributed by atoms with Gasteiger partial charge in [0.1, 0.15) is 12.2 Å². The number of carbonyl (C=O) groups excluding carboxylic acids is 1. The molecule has 0 spiro atoms. The summed E-state index contributed by atoms with van der Waals surface area (Å²) in [6, 6.07) is 13.5. The lowest BCUT2D eigenvalue weighted by Crippen LogP contribution is -2.41. The molecule has 1 aliphatic rings. The van der Waals surface area contributed by atoms with Gasteiger partial charge in [-0.1, -0.05) is 30.3 Å². The molecule has 1 aliphatic heterocycles. The number of benzene rings is 1. The maximum Gasteiger partial charge on any atom is 0.251 e. The van der Waals surface area contributed by atoms with E-state index in [1.807, 2.05) is 43.3 Å². The SMILES string of the molecule is CNC(=O)[C@H]1O[C@@H](n2cnc3c(NCc4ccccc4)nc(-c4cccnc4C)nc32)[C@H](O)[C@@H]1O. The Labute approximate surface area is 200 Å². The second-order valence-electron chi connectivity index (χ2n) is 8.24. The van der Waals surface area contributed by atoms with Crippen LogP contribution in [0.15, 0.2) is 55.0 Å². The number of rotatable bonds is 6. The van der Waals surface area contributed by atoms with Crippen LogP contribution in [-0.4, -0.2) is 66.0 Å². The molecule has 3 aromatic heterocycles. The number of imidazole rings is 1. The fourth-order valence-corrected chi connectivity index (χ4v) is 4.10. The zero-order valence-corrected chi connectivity index (χ0v) is 19.2. The molecule has 11 heteroatoms. The van der Waals surface area contributed by atoms with Crippen molar-refractivity contribution in [2.24, 2.45) is 0 Å². The fourth-order valence-electron chi connectivity index (χ4n) is 4.10. The molecule has 4 heterocycles. The minimum absolute atomic E-state index is 0.377. The first-order valence-corrected chi connectivity index (χ1v) is 11.2. The standard InChI is InChI=1S/C24H25N7O4/c1-13-15(9-6-10-26-13)20-29-21(27-11-14-7-4-3-5-8-14)16-22(30-20)31(12-28-16)24-18(33)17(32)19(35-24)23(34)25-2/h3-10,12,17-19,24,32-33H,11H2,1-2H3,(H,25,34)(H,27,29,30)/t17-,18+,19-,24+/m0/s1. The topological polar surface area (TPSA) is 147 Å². The molecular weight excluding hydrogens is 450 g/mol. The number of likely N-dealkylation sites (N-methyl/N-ethyl adjacent to an activating group) is 1. The van der Waals surface area contributed by atoms with Crippen molar-refractivity contribution >= 4 is 22.9 Å². The van der Waals surface area contributed by atoms with Gasteiger partial charge in [-0.3, -0.25) is 14.3 Å². The van der Waals surface area contributed by atoms with Crippen LogP contribution in [-0.2, 0) is 16.1 Å². The molecule has 0 aliphatic carbocycles. The molecule has 4 atom stereocenters. The molecular formula is C24H25N7O4. The van der Waals surface area contributed by atoms with Gasteiger partial charge in [-0.2, -0.15) is 0 Å². The fraction of sp³-hybridized carbons (Fsp3) is 0.292. The molecule has 0 bridgehead atoms. The number of amides is 1. The molecule has 0 radical (unpaired) electrons. The van der Waals surface area contributed by atoms with E-state index in [1.54, 1.807) is 12.3 Å². The predicted molar refractivity (Wildman–Crippen MR) is 127 cm³/mol. The van der Waals surface area contributed by atoms with Crippen molar-refractivity contribution in [1.82, 2.24) is 29.8 Å². The summed E-state index contributed by atoms with van der Waals surface area (Å²) >= 11 is 0. The number of hydrogen-bond donors (Lipinski definition) is 4. The van der Waals surface area contributed by atoms with Crippen LogP contribution in [0.25, 0.3) is 22.6 Å². The predicted octanol–water partition coefficient (Wildman–Crippen LogP) is 1.17. The number of nitrogens with zero attached hydrogens (tertiary/aromatic N) is 5. The van der Waals surface area contributed by atoms with Crippen LogP contribution in [0.4, 0.5) is 5.82 Å². The highest BCUT2D eigenvalue weighted by Gasteiger charge is 2.47. The minimum atomic E-state index is -1.41. The van der Waals surface area contributed by atoms with E-state index in [9.17, 15) is 15.0 Å². The number of aryl methyl sites for hydroxylation is 1. The van der Waals surface area contributed by atoms with Crippen LogP contribution in [0.3, 0.4) is 0 Å². The summed E-state index contributed by atoms with van der Waals surface area (Å²) < 4.78 is 7.26. The Kier molecular flexibility index (Phi) is 6.12. The summed E-state index contributed by atoms with van der Waals surface area (Å²) in [7, 11) is 1.44. The Morgan fingerprint density at radius 1 is 1.09 bits per heavy atom. The zero-order chi connectivity index (χ0) is 24.5. The Hall–Kier alpha value is -3.93. The molecule has 1 fully saturated rings. The number of ether oxygens (including phenoxy) is 1. The molecule has 0 unspecified atom stereocenters. The van der Waals surface area contributed by atoms with Gasteiger partial charge in [0.05, 0.1) is 6.33 Å². The van der Waals surface area contributed by atoms with Crippen molar-refractivity contribution in [1.29, 1.82) is 0 Å². The number of carbonyl (C=O) groups is 1. The van der Waals surface area contributed by atoms with Crippen LogP contribution >= 0.6 is 0 Å². The number of anilines is 1. The van der Waals surface area contributed by atoms with E-state index in [0.717, 1.165) is 16.8 Å². The molecule has 35 heavy (non-hydrogen) atoms. The van der Waals surface area contributed by atoms with E-state index < -0.39 is 30.4 Å². The Balaban J connectivity index is 1.59. The number of aliphatic hydroxyl groups excluding tert-OH is 2. The number of pyridine rings is 1. The van der Waals surface area contributed by atoms with Crippen LogP contribution in [0.1, 0.15) is 17.5 Å². The second kappa shape index (κ2) is 9.37. The number of aliphatic hydroxyl groups is 2. The highest BCUT2D eigenvalue weighted by atomic mass is 16.6. The van der Waals surface area contributed by atoms with E-state index in [2.05, 4.69) is 20.6 Å². The van der Waals surface area contributed by atoms with Gasteiger partial charge in [0.2, 0.25) is 0 Å². The average molecular weight is 476 g/mol. The lowest BCUT2D eigenvalue weighted by Gasteiger charge is -2.17. The first kappa shape index (κ1) is 22.8. The first-order valence-electron chi connectivity index (χ1n) is 11.2. The van der Waals surface area contributed by atoms with Gasteiger partial charge < -0.3 is 25.6 Å². The molecule has 0 saturated carbocycles. The maximum absolute atomic E-state index is 12.1. The van der Waals surface area contributed by atoms with E-state index >= 15 is 0 Å². The monoisotopic (exact) mass is 475 g/mol. The lowest BCUT2D eigenvalue weighted by atomic mass is 10.1. The molecule has 1 saturated heterocycles. The van der Waals surface area contributed by atoms with E-state index in [1.165, 1.54) is 17.9 Å². The Morgan fingerprint density at radius 3 is 2.63 bits per heavy atom. The molecule has 5 rings (SSSR count). The van der Waals surface area contributed by atoms with Crippen molar-refractivity contribution in [2.45, 2.75) is 38.0 Å². The number of hydrogen-bond acceptors (Lipinski definition) is 9. The average Bonchev–Trinajstić information content (AvgIpc) is 3.43. The number of aromatic nitrogens is 5. The zero-order valence-electron chi connectivity index (χ0n) is 19.2. The van der Waals surface area contributed by atoms with Gasteiger partial charge in [-0.15, -0.1) is 0 Å². The van der Waals surface area contributed by atoms with Crippen molar-refractivity contribution in [3.8, 4) is 11.4 Å². The van der Waals surface area contributed by atoms with Crippen LogP contribution in [0, 0.1) is 6.92 Å². The molecule has 1 amide bonds. The highest BCUT2D eigenvalue weighted by molar-refractivity contribution is 5.85. The smallest absolute Gasteiger partial charge is 0.251 e. The summed E-state index contributed by atoms with van der Waals surface area (Å²) in [4.78, 5) is 30.4. The van der Waals surface area contributed by atoms with Crippen molar-refractivity contribution in [3.63, 3.8) is 0 Å². The van der Waals surface area contributed by atoms with Crippen LogP contribution < -0.4 is 10.6 Å². The van der Waals surface area contributed by atoms with Crippen molar-refractivity contribution < 1.29 is 19.7 Å². The van der Waals surface area contributed by atoms with Gasteiger partial charge in [0.25, 0.3) is 5.91 Å². The Morgan fingerprint density at radius 2 is 1.89 bits per heavy atom. The minimum Gasteiger partial charge on any atom is -0.387 e. The summed E-state index contributed by atoms with van der Waals surface area (Å²) in [5, 5.41) is 26.9. The third-order valence-corrected chi connectivity index (χ3v) is 5.99. The third-order valence-electron chi connectivity index (χ3n) is 5.99. The normalized spacial score (nSPS) is 21.8. The molecule has 11 nitrogen and oxygen atoms in total. The molecule has 1 aromatic carbocycles. The van der Waals surface area contributed by atoms with Gasteiger partial charge in [0.15, 0.2) is 35.1 Å². The largest absolute Gasteiger partial charge is 0.387 e. The number of nitrogens with one attached hydrogen (secondary N) is 2. The van der Waals surface area contributed by atoms with Gasteiger partial charge in [-0.05, 0) is 24.6 Å². The first-order chi connectivity index (χ1) is 17.0. The molecule has 4 aromatic rings. The summed E-state index contributed by atoms with van der Waals surface area (Å²) in [5.41, 5.74) is 3.38. The van der Waals surface area contributed by atoms with Crippen LogP contribution in [0.2, 0.25) is 0 Å².